The Morgan fingerprint density at radius 3 is 1.96 bits per heavy atom. The van der Waals surface area contributed by atoms with Crippen molar-refractivity contribution in [3.05, 3.63) is 24.3 Å². The van der Waals surface area contributed by atoms with Gasteiger partial charge in [0.05, 0.1) is 5.92 Å². The SMILES string of the molecule is CC(=O)Nc1ccc(NC(=O)NC2CCC(C(=O)O)CC2)cc1. The number of nitrogens with one attached hydrogen (secondary N) is 3. The average Bonchev–Trinajstić information content (AvgIpc) is 2.49. The fourth-order valence-electron chi connectivity index (χ4n) is 2.68. The molecule has 1 saturated carbocycles. The fourth-order valence-corrected chi connectivity index (χ4v) is 2.68. The first-order chi connectivity index (χ1) is 10.9. The molecule has 0 heterocycles. The Balaban J connectivity index is 1.79. The molecular weight excluding hydrogens is 298 g/mol. The highest BCUT2D eigenvalue weighted by Gasteiger charge is 2.26. The van der Waals surface area contributed by atoms with Gasteiger partial charge in [-0.25, -0.2) is 4.79 Å². The van der Waals surface area contributed by atoms with Gasteiger partial charge in [-0.2, -0.15) is 0 Å². The third-order valence-electron chi connectivity index (χ3n) is 3.87. The van der Waals surface area contributed by atoms with Crippen LogP contribution in [0.4, 0.5) is 16.2 Å². The number of carbonyl (C=O) groups excluding carboxylic acids is 2. The van der Waals surface area contributed by atoms with Gasteiger partial charge < -0.3 is 21.1 Å². The minimum Gasteiger partial charge on any atom is -0.481 e. The number of rotatable bonds is 4. The lowest BCUT2D eigenvalue weighted by atomic mass is 9.86. The lowest BCUT2D eigenvalue weighted by Crippen LogP contribution is -2.40. The van der Waals surface area contributed by atoms with Gasteiger partial charge in [-0.1, -0.05) is 0 Å². The number of carboxylic acids is 1. The van der Waals surface area contributed by atoms with Crippen LogP contribution >= 0.6 is 0 Å². The number of aliphatic carboxylic acids is 1. The molecule has 0 unspecified atom stereocenters. The van der Waals surface area contributed by atoms with Crippen LogP contribution in [-0.2, 0) is 9.59 Å². The largest absolute Gasteiger partial charge is 0.481 e. The summed E-state index contributed by atoms with van der Waals surface area (Å²) >= 11 is 0. The number of carboxylic acid groups (broad SMARTS) is 1. The summed E-state index contributed by atoms with van der Waals surface area (Å²) in [5, 5.41) is 17.2. The molecule has 7 nitrogen and oxygen atoms in total. The molecule has 1 aliphatic carbocycles. The van der Waals surface area contributed by atoms with Gasteiger partial charge in [0.25, 0.3) is 0 Å². The van der Waals surface area contributed by atoms with E-state index in [4.69, 9.17) is 5.11 Å². The Bertz CT molecular complexity index is 577. The highest BCUT2D eigenvalue weighted by atomic mass is 16.4. The van der Waals surface area contributed by atoms with Crippen LogP contribution in [0.2, 0.25) is 0 Å². The molecule has 0 spiro atoms. The van der Waals surface area contributed by atoms with Crippen LogP contribution in [0.1, 0.15) is 32.6 Å². The normalized spacial score (nSPS) is 20.4. The number of hydrogen-bond acceptors (Lipinski definition) is 3. The topological polar surface area (TPSA) is 108 Å². The average molecular weight is 319 g/mol. The Kier molecular flexibility index (Phi) is 5.56. The first-order valence-corrected chi connectivity index (χ1v) is 7.62. The van der Waals surface area contributed by atoms with Crippen LogP contribution in [0.3, 0.4) is 0 Å². The van der Waals surface area contributed by atoms with Crippen molar-refractivity contribution in [3.63, 3.8) is 0 Å². The second-order valence-electron chi connectivity index (χ2n) is 5.74. The lowest BCUT2D eigenvalue weighted by Gasteiger charge is -2.26. The molecule has 1 aromatic carbocycles. The summed E-state index contributed by atoms with van der Waals surface area (Å²) in [7, 11) is 0. The van der Waals surface area contributed by atoms with E-state index in [1.54, 1.807) is 24.3 Å². The number of urea groups is 1. The molecule has 124 valence electrons. The first kappa shape index (κ1) is 16.8. The van der Waals surface area contributed by atoms with E-state index < -0.39 is 5.97 Å². The second kappa shape index (κ2) is 7.62. The van der Waals surface area contributed by atoms with Crippen LogP contribution in [0.5, 0.6) is 0 Å². The summed E-state index contributed by atoms with van der Waals surface area (Å²) in [4.78, 5) is 33.8. The van der Waals surface area contributed by atoms with Crippen molar-refractivity contribution in [1.82, 2.24) is 5.32 Å². The van der Waals surface area contributed by atoms with Crippen LogP contribution in [-0.4, -0.2) is 29.1 Å². The molecule has 1 aliphatic rings. The van der Waals surface area contributed by atoms with Gasteiger partial charge in [-0.15, -0.1) is 0 Å². The molecule has 1 fully saturated rings. The van der Waals surface area contributed by atoms with Gasteiger partial charge in [0.2, 0.25) is 5.91 Å². The maximum Gasteiger partial charge on any atom is 0.319 e. The summed E-state index contributed by atoms with van der Waals surface area (Å²) in [5.74, 6) is -1.20. The molecule has 2 rings (SSSR count). The highest BCUT2D eigenvalue weighted by molar-refractivity contribution is 5.91. The summed E-state index contributed by atoms with van der Waals surface area (Å²) in [6, 6.07) is 6.50. The molecule has 0 atom stereocenters. The zero-order valence-electron chi connectivity index (χ0n) is 13.0. The molecular formula is C16H21N3O4. The smallest absolute Gasteiger partial charge is 0.319 e. The Hall–Kier alpha value is -2.57. The van der Waals surface area contributed by atoms with Crippen molar-refractivity contribution < 1.29 is 19.5 Å². The minimum atomic E-state index is -0.757. The maximum atomic E-state index is 12.0. The van der Waals surface area contributed by atoms with Crippen molar-refractivity contribution in [2.45, 2.75) is 38.6 Å². The predicted octanol–water partition coefficient (Wildman–Crippen LogP) is 2.41. The second-order valence-corrected chi connectivity index (χ2v) is 5.74. The lowest BCUT2D eigenvalue weighted by molar-refractivity contribution is -0.142. The van der Waals surface area contributed by atoms with Gasteiger partial charge in [0.15, 0.2) is 0 Å². The zero-order valence-corrected chi connectivity index (χ0v) is 13.0. The standard InChI is InChI=1S/C16H21N3O4/c1-10(20)17-12-6-8-14(9-7-12)19-16(23)18-13-4-2-11(3-5-13)15(21)22/h6-9,11,13H,2-5H2,1H3,(H,17,20)(H,21,22)(H2,18,19,23). The molecule has 23 heavy (non-hydrogen) atoms. The predicted molar refractivity (Wildman–Crippen MR) is 86.3 cm³/mol. The van der Waals surface area contributed by atoms with Gasteiger partial charge >= 0.3 is 12.0 Å². The number of anilines is 2. The van der Waals surface area contributed by atoms with E-state index >= 15 is 0 Å². The van der Waals surface area contributed by atoms with Crippen LogP contribution < -0.4 is 16.0 Å². The number of carbonyl (C=O) groups is 3. The van der Waals surface area contributed by atoms with E-state index in [2.05, 4.69) is 16.0 Å². The van der Waals surface area contributed by atoms with Crippen molar-refractivity contribution in [1.29, 1.82) is 0 Å². The molecule has 0 aliphatic heterocycles. The van der Waals surface area contributed by atoms with E-state index in [0.29, 0.717) is 37.1 Å². The number of hydrogen-bond donors (Lipinski definition) is 4. The van der Waals surface area contributed by atoms with Crippen molar-refractivity contribution in [2.75, 3.05) is 10.6 Å². The van der Waals surface area contributed by atoms with Crippen LogP contribution in [0.15, 0.2) is 24.3 Å². The van der Waals surface area contributed by atoms with E-state index in [9.17, 15) is 14.4 Å². The minimum absolute atomic E-state index is 0.00394. The van der Waals surface area contributed by atoms with Crippen molar-refractivity contribution >= 4 is 29.3 Å². The Labute approximate surface area is 134 Å². The summed E-state index contributed by atoms with van der Waals surface area (Å²) in [6.07, 6.45) is 2.52. The van der Waals surface area contributed by atoms with E-state index in [-0.39, 0.29) is 23.9 Å². The summed E-state index contributed by atoms with van der Waals surface area (Å²) in [6.45, 7) is 1.43. The van der Waals surface area contributed by atoms with Crippen LogP contribution in [0.25, 0.3) is 0 Å². The van der Waals surface area contributed by atoms with Gasteiger partial charge in [0.1, 0.15) is 0 Å². The molecule has 1 aromatic rings. The molecule has 7 heteroatoms. The summed E-state index contributed by atoms with van der Waals surface area (Å²) < 4.78 is 0. The molecule has 0 saturated heterocycles. The Morgan fingerprint density at radius 1 is 0.957 bits per heavy atom. The number of amides is 3. The molecule has 4 N–H and O–H groups in total. The van der Waals surface area contributed by atoms with Crippen LogP contribution in [0, 0.1) is 5.92 Å². The van der Waals surface area contributed by atoms with E-state index in [0.717, 1.165) is 0 Å². The summed E-state index contributed by atoms with van der Waals surface area (Å²) in [5.41, 5.74) is 1.28. The quantitative estimate of drug-likeness (QED) is 0.683. The van der Waals surface area contributed by atoms with Crippen molar-refractivity contribution in [3.8, 4) is 0 Å². The highest BCUT2D eigenvalue weighted by Crippen LogP contribution is 2.24. The van der Waals surface area contributed by atoms with Gasteiger partial charge in [0, 0.05) is 24.3 Å². The fraction of sp³-hybridized carbons (Fsp3) is 0.438. The Morgan fingerprint density at radius 2 is 1.48 bits per heavy atom. The van der Waals surface area contributed by atoms with Gasteiger partial charge in [-0.3, -0.25) is 9.59 Å². The maximum absolute atomic E-state index is 12.0. The molecule has 0 radical (unpaired) electrons. The number of benzene rings is 1. The molecule has 0 aromatic heterocycles. The molecule has 3 amide bonds. The monoisotopic (exact) mass is 319 g/mol. The van der Waals surface area contributed by atoms with Gasteiger partial charge in [-0.05, 0) is 49.9 Å². The third-order valence-corrected chi connectivity index (χ3v) is 3.87. The van der Waals surface area contributed by atoms with E-state index in [1.165, 1.54) is 6.92 Å². The first-order valence-electron chi connectivity index (χ1n) is 7.62. The van der Waals surface area contributed by atoms with E-state index in [1.807, 2.05) is 0 Å². The molecule has 0 bridgehead atoms. The van der Waals surface area contributed by atoms with Crippen molar-refractivity contribution in [2.24, 2.45) is 5.92 Å². The zero-order chi connectivity index (χ0) is 16.8. The third kappa shape index (κ3) is 5.28.